The van der Waals surface area contributed by atoms with E-state index in [2.05, 4.69) is 0 Å². The van der Waals surface area contributed by atoms with Crippen LogP contribution in [0.2, 0.25) is 0 Å². The monoisotopic (exact) mass is 400 g/mol. The number of hydrogen-bond acceptors (Lipinski definition) is 6. The van der Waals surface area contributed by atoms with Gasteiger partial charge in [0.25, 0.3) is 11.4 Å². The van der Waals surface area contributed by atoms with Gasteiger partial charge in [-0.2, -0.15) is 0 Å². The Morgan fingerprint density at radius 2 is 1.29 bits per heavy atom. The van der Waals surface area contributed by atoms with Crippen molar-refractivity contribution < 1.29 is 23.8 Å². The first-order chi connectivity index (χ1) is 13.4. The Morgan fingerprint density at radius 3 is 1.75 bits per heavy atom. The van der Waals surface area contributed by atoms with Crippen molar-refractivity contribution >= 4 is 19.6 Å². The Kier molecular flexibility index (Phi) is 5.49. The van der Waals surface area contributed by atoms with Gasteiger partial charge in [-0.25, -0.2) is 4.57 Å². The molecule has 28 heavy (non-hydrogen) atoms. The number of benzene rings is 3. The topological polar surface area (TPSA) is 133 Å². The minimum absolute atomic E-state index is 0.0755. The van der Waals surface area contributed by atoms with E-state index in [0.29, 0.717) is 22.3 Å². The van der Waals surface area contributed by atoms with Crippen LogP contribution in [0.4, 0.5) is 11.4 Å². The molecule has 3 rings (SSSR count). The molecule has 0 amide bonds. The van der Waals surface area contributed by atoms with Crippen LogP contribution in [0.15, 0.2) is 66.7 Å². The average Bonchev–Trinajstić information content (AvgIpc) is 2.67. The van der Waals surface area contributed by atoms with Gasteiger partial charge in [0.1, 0.15) is 5.75 Å². The first-order valence-corrected chi connectivity index (χ1v) is 9.16. The molecule has 10 heteroatoms. The molecule has 0 aliphatic carbocycles. The molecule has 0 fully saturated rings. The van der Waals surface area contributed by atoms with Crippen molar-refractivity contribution in [2.45, 2.75) is 0 Å². The quantitative estimate of drug-likeness (QED) is 0.363. The second kappa shape index (κ2) is 7.99. The van der Waals surface area contributed by atoms with E-state index in [1.54, 1.807) is 24.3 Å². The van der Waals surface area contributed by atoms with E-state index >= 15 is 0 Å². The zero-order valence-electron chi connectivity index (χ0n) is 14.1. The van der Waals surface area contributed by atoms with Crippen LogP contribution in [-0.2, 0) is 4.57 Å². The number of hydrogen-bond donors (Lipinski definition) is 1. The lowest BCUT2D eigenvalue weighted by atomic mass is 9.93. The molecule has 3 aromatic carbocycles. The van der Waals surface area contributed by atoms with E-state index in [-0.39, 0.29) is 17.1 Å². The third-order valence-electron chi connectivity index (χ3n) is 3.98. The first kappa shape index (κ1) is 19.2. The van der Waals surface area contributed by atoms with Crippen molar-refractivity contribution in [2.75, 3.05) is 0 Å². The van der Waals surface area contributed by atoms with Crippen LogP contribution in [0.5, 0.6) is 5.75 Å². The van der Waals surface area contributed by atoms with E-state index in [4.69, 9.17) is 4.52 Å². The van der Waals surface area contributed by atoms with Crippen molar-refractivity contribution in [1.82, 2.24) is 0 Å². The number of non-ortho nitro benzene ring substituents is 2. The SMILES string of the molecule is O=[N+]([O-])c1ccc(-c2cccc(O[PH](=O)O)c2-c2ccc([N+](=O)[O-])cc2)cc1. The molecule has 142 valence electrons. The van der Waals surface area contributed by atoms with Crippen LogP contribution in [0, 0.1) is 20.2 Å². The minimum Gasteiger partial charge on any atom is -0.426 e. The lowest BCUT2D eigenvalue weighted by Gasteiger charge is -2.15. The number of rotatable bonds is 6. The van der Waals surface area contributed by atoms with Gasteiger partial charge >= 0.3 is 8.25 Å². The van der Waals surface area contributed by atoms with Crippen LogP contribution in [0.3, 0.4) is 0 Å². The molecule has 1 unspecified atom stereocenters. The Balaban J connectivity index is 2.18. The molecular weight excluding hydrogens is 387 g/mol. The van der Waals surface area contributed by atoms with E-state index in [1.165, 1.54) is 42.5 Å². The average molecular weight is 400 g/mol. The van der Waals surface area contributed by atoms with Gasteiger partial charge in [-0.05, 0) is 47.0 Å². The zero-order chi connectivity index (χ0) is 20.3. The van der Waals surface area contributed by atoms with Gasteiger partial charge in [0.05, 0.1) is 9.85 Å². The highest BCUT2D eigenvalue weighted by atomic mass is 31.1. The third kappa shape index (κ3) is 4.06. The van der Waals surface area contributed by atoms with Gasteiger partial charge in [-0.15, -0.1) is 0 Å². The molecule has 0 saturated carbocycles. The molecule has 1 N–H and O–H groups in total. The van der Waals surface area contributed by atoms with Crippen LogP contribution in [0.1, 0.15) is 0 Å². The zero-order valence-corrected chi connectivity index (χ0v) is 15.1. The highest BCUT2D eigenvalue weighted by Gasteiger charge is 2.17. The van der Waals surface area contributed by atoms with E-state index in [0.717, 1.165) is 0 Å². The lowest BCUT2D eigenvalue weighted by molar-refractivity contribution is -0.385. The summed E-state index contributed by atoms with van der Waals surface area (Å²) in [4.78, 5) is 29.9. The lowest BCUT2D eigenvalue weighted by Crippen LogP contribution is -1.93. The van der Waals surface area contributed by atoms with Crippen molar-refractivity contribution in [1.29, 1.82) is 0 Å². The third-order valence-corrected chi connectivity index (χ3v) is 4.37. The highest BCUT2D eigenvalue weighted by Crippen LogP contribution is 2.42. The Labute approximate surface area is 159 Å². The van der Waals surface area contributed by atoms with Crippen molar-refractivity contribution in [3.63, 3.8) is 0 Å². The molecule has 0 aliphatic rings. The Morgan fingerprint density at radius 1 is 0.786 bits per heavy atom. The maximum absolute atomic E-state index is 11.3. The van der Waals surface area contributed by atoms with Gasteiger partial charge in [0.2, 0.25) is 0 Å². The van der Waals surface area contributed by atoms with Gasteiger partial charge < -0.3 is 9.42 Å². The summed E-state index contributed by atoms with van der Waals surface area (Å²) >= 11 is 0. The summed E-state index contributed by atoms with van der Waals surface area (Å²) in [6, 6.07) is 16.3. The second-order valence-electron chi connectivity index (χ2n) is 5.65. The predicted octanol–water partition coefficient (Wildman–Crippen LogP) is 4.60. The van der Waals surface area contributed by atoms with Gasteiger partial charge in [0.15, 0.2) is 0 Å². The molecule has 3 aromatic rings. The normalized spacial score (nSPS) is 11.6. The van der Waals surface area contributed by atoms with Crippen LogP contribution in [-0.4, -0.2) is 14.7 Å². The summed E-state index contributed by atoms with van der Waals surface area (Å²) in [6.07, 6.45) is 0. The molecule has 0 bridgehead atoms. The van der Waals surface area contributed by atoms with E-state index < -0.39 is 18.1 Å². The van der Waals surface area contributed by atoms with Crippen LogP contribution < -0.4 is 4.52 Å². The highest BCUT2D eigenvalue weighted by molar-refractivity contribution is 7.32. The standard InChI is InChI=1S/C18H13N2O7P/c21-19(22)14-8-4-12(5-9-14)16-2-1-3-17(27-28(25)26)18(16)13-6-10-15(11-7-13)20(23)24/h1-11,28H,(H,25,26). The number of nitrogens with zero attached hydrogens (tertiary/aromatic N) is 2. The molecule has 9 nitrogen and oxygen atoms in total. The molecule has 0 aliphatic heterocycles. The van der Waals surface area contributed by atoms with E-state index in [1.807, 2.05) is 0 Å². The van der Waals surface area contributed by atoms with Gasteiger partial charge in [-0.1, -0.05) is 12.1 Å². The summed E-state index contributed by atoms with van der Waals surface area (Å²) < 4.78 is 16.3. The number of nitro groups is 2. The minimum atomic E-state index is -3.30. The maximum Gasteiger partial charge on any atom is 0.365 e. The number of nitro benzene ring substituents is 2. The predicted molar refractivity (Wildman–Crippen MR) is 102 cm³/mol. The molecule has 0 spiro atoms. The molecule has 1 atom stereocenters. The smallest absolute Gasteiger partial charge is 0.365 e. The summed E-state index contributed by atoms with van der Waals surface area (Å²) in [6.45, 7) is 0. The molecular formula is C18H13N2O7P. The van der Waals surface area contributed by atoms with Gasteiger partial charge in [-0.3, -0.25) is 20.2 Å². The fourth-order valence-corrected chi connectivity index (χ4v) is 3.12. The van der Waals surface area contributed by atoms with Crippen molar-refractivity contribution in [3.05, 3.63) is 87.0 Å². The summed E-state index contributed by atoms with van der Waals surface area (Å²) in [5, 5.41) is 21.8. The maximum atomic E-state index is 11.3. The Bertz CT molecular complexity index is 1070. The van der Waals surface area contributed by atoms with Crippen molar-refractivity contribution in [3.8, 4) is 28.0 Å². The van der Waals surface area contributed by atoms with Crippen LogP contribution >= 0.6 is 8.25 Å². The largest absolute Gasteiger partial charge is 0.426 e. The molecule has 0 aromatic heterocycles. The summed E-state index contributed by atoms with van der Waals surface area (Å²) in [7, 11) is -3.30. The first-order valence-electron chi connectivity index (χ1n) is 7.90. The van der Waals surface area contributed by atoms with Crippen molar-refractivity contribution in [2.24, 2.45) is 0 Å². The molecule has 0 radical (unpaired) electrons. The fraction of sp³-hybridized carbons (Fsp3) is 0. The Hall–Kier alpha value is -3.55. The molecule has 0 heterocycles. The van der Waals surface area contributed by atoms with E-state index in [9.17, 15) is 29.7 Å². The summed E-state index contributed by atoms with van der Waals surface area (Å²) in [5.74, 6) is 0.121. The van der Waals surface area contributed by atoms with Crippen LogP contribution in [0.25, 0.3) is 22.3 Å². The fourth-order valence-electron chi connectivity index (χ4n) is 2.76. The molecule has 0 saturated heterocycles. The second-order valence-corrected chi connectivity index (χ2v) is 6.39. The summed E-state index contributed by atoms with van der Waals surface area (Å²) in [5.41, 5.74) is 1.99. The van der Waals surface area contributed by atoms with Gasteiger partial charge in [0, 0.05) is 29.8 Å².